The molecule has 1 aliphatic rings. The van der Waals surface area contributed by atoms with E-state index in [2.05, 4.69) is 0 Å². The van der Waals surface area contributed by atoms with E-state index in [1.807, 2.05) is 54.3 Å². The Bertz CT molecular complexity index is 950. The van der Waals surface area contributed by atoms with Gasteiger partial charge in [0.15, 0.2) is 0 Å². The molecule has 30 heavy (non-hydrogen) atoms. The molecule has 1 amide bonds. The third kappa shape index (κ3) is 5.70. The number of rotatable bonds is 7. The number of nitrogens with zero attached hydrogens (tertiary/aromatic N) is 2. The zero-order valence-electron chi connectivity index (χ0n) is 18.0. The van der Waals surface area contributed by atoms with Gasteiger partial charge < -0.3 is 4.90 Å². The van der Waals surface area contributed by atoms with Gasteiger partial charge in [0.25, 0.3) is 0 Å². The Morgan fingerprint density at radius 2 is 1.63 bits per heavy atom. The summed E-state index contributed by atoms with van der Waals surface area (Å²) in [4.78, 5) is 15.1. The van der Waals surface area contributed by atoms with E-state index in [1.165, 1.54) is 4.31 Å². The highest BCUT2D eigenvalue weighted by molar-refractivity contribution is 7.89. The second-order valence-electron chi connectivity index (χ2n) is 8.14. The van der Waals surface area contributed by atoms with Crippen molar-refractivity contribution in [2.45, 2.75) is 50.8 Å². The maximum Gasteiger partial charge on any atom is 0.243 e. The van der Waals surface area contributed by atoms with Crippen molar-refractivity contribution < 1.29 is 13.2 Å². The van der Waals surface area contributed by atoms with E-state index in [9.17, 15) is 13.2 Å². The summed E-state index contributed by atoms with van der Waals surface area (Å²) in [7, 11) is -3.78. The maximum absolute atomic E-state index is 13.6. The van der Waals surface area contributed by atoms with Crippen molar-refractivity contribution in [2.24, 2.45) is 0 Å². The lowest BCUT2D eigenvalue weighted by atomic mass is 10.1. The van der Waals surface area contributed by atoms with Crippen LogP contribution in [0.5, 0.6) is 0 Å². The molecule has 0 unspecified atom stereocenters. The molecule has 0 saturated carbocycles. The van der Waals surface area contributed by atoms with Crippen LogP contribution in [0.3, 0.4) is 0 Å². The molecular weight excluding hydrogens is 396 g/mol. The molecule has 0 atom stereocenters. The number of benzene rings is 2. The van der Waals surface area contributed by atoms with E-state index < -0.39 is 10.0 Å². The van der Waals surface area contributed by atoms with Crippen LogP contribution in [0, 0.1) is 13.8 Å². The van der Waals surface area contributed by atoms with E-state index in [1.54, 1.807) is 13.0 Å². The van der Waals surface area contributed by atoms with Crippen LogP contribution in [0.15, 0.2) is 53.4 Å². The molecule has 1 aliphatic heterocycles. The van der Waals surface area contributed by atoms with Crippen LogP contribution < -0.4 is 0 Å². The van der Waals surface area contributed by atoms with Crippen molar-refractivity contribution in [3.05, 3.63) is 65.2 Å². The molecule has 2 aromatic rings. The van der Waals surface area contributed by atoms with Gasteiger partial charge in [0.1, 0.15) is 0 Å². The quantitative estimate of drug-likeness (QED) is 0.671. The third-order valence-electron chi connectivity index (χ3n) is 5.72. The van der Waals surface area contributed by atoms with Gasteiger partial charge in [0.05, 0.1) is 11.4 Å². The summed E-state index contributed by atoms with van der Waals surface area (Å²) in [5.41, 5.74) is 2.65. The summed E-state index contributed by atoms with van der Waals surface area (Å²) >= 11 is 0. The first-order valence-corrected chi connectivity index (χ1v) is 12.2. The minimum atomic E-state index is -3.78. The number of sulfonamides is 1. The minimum Gasteiger partial charge on any atom is -0.342 e. The lowest BCUT2D eigenvalue weighted by molar-refractivity contribution is -0.131. The zero-order valence-corrected chi connectivity index (χ0v) is 18.8. The second-order valence-corrected chi connectivity index (χ2v) is 10.0. The number of carbonyl (C=O) groups excluding carboxylic acids is 1. The number of hydrogen-bond donors (Lipinski definition) is 0. The van der Waals surface area contributed by atoms with Gasteiger partial charge in [-0.05, 0) is 55.9 Å². The van der Waals surface area contributed by atoms with Crippen LogP contribution in [0.1, 0.15) is 42.4 Å². The van der Waals surface area contributed by atoms with Crippen molar-refractivity contribution in [1.29, 1.82) is 0 Å². The predicted octanol–water partition coefficient (Wildman–Crippen LogP) is 3.94. The van der Waals surface area contributed by atoms with Crippen LogP contribution in [-0.4, -0.2) is 49.7 Å². The van der Waals surface area contributed by atoms with Crippen molar-refractivity contribution >= 4 is 15.9 Å². The SMILES string of the molecule is Cc1ccc(C)c(S(=O)(=O)N(CCc2ccccc2)CC(=O)N2CCCCCC2)c1. The van der Waals surface area contributed by atoms with Gasteiger partial charge in [0, 0.05) is 19.6 Å². The van der Waals surface area contributed by atoms with Gasteiger partial charge in [-0.25, -0.2) is 8.42 Å². The number of hydrogen-bond acceptors (Lipinski definition) is 3. The van der Waals surface area contributed by atoms with Gasteiger partial charge in [-0.3, -0.25) is 4.79 Å². The topological polar surface area (TPSA) is 57.7 Å². The Labute approximate surface area is 180 Å². The summed E-state index contributed by atoms with van der Waals surface area (Å²) in [5, 5.41) is 0. The molecule has 3 rings (SSSR count). The summed E-state index contributed by atoms with van der Waals surface area (Å²) in [6.07, 6.45) is 4.79. The fraction of sp³-hybridized carbons (Fsp3) is 0.458. The fourth-order valence-corrected chi connectivity index (χ4v) is 5.58. The van der Waals surface area contributed by atoms with Gasteiger partial charge in [-0.2, -0.15) is 4.31 Å². The van der Waals surface area contributed by atoms with E-state index in [4.69, 9.17) is 0 Å². The monoisotopic (exact) mass is 428 g/mol. The van der Waals surface area contributed by atoms with E-state index >= 15 is 0 Å². The highest BCUT2D eigenvalue weighted by Crippen LogP contribution is 2.22. The molecule has 1 fully saturated rings. The number of amides is 1. The molecule has 1 saturated heterocycles. The average Bonchev–Trinajstić information content (AvgIpc) is 3.03. The van der Waals surface area contributed by atoms with E-state index in [0.29, 0.717) is 16.9 Å². The molecule has 0 aliphatic carbocycles. The number of carbonyl (C=O) groups is 1. The van der Waals surface area contributed by atoms with Crippen molar-refractivity contribution in [3.8, 4) is 0 Å². The molecule has 0 bridgehead atoms. The Balaban J connectivity index is 1.85. The van der Waals surface area contributed by atoms with Crippen LogP contribution in [-0.2, 0) is 21.2 Å². The van der Waals surface area contributed by atoms with Gasteiger partial charge in [-0.15, -0.1) is 0 Å². The molecule has 1 heterocycles. The highest BCUT2D eigenvalue weighted by atomic mass is 32.2. The Kier molecular flexibility index (Phi) is 7.67. The summed E-state index contributed by atoms with van der Waals surface area (Å²) in [5.74, 6) is -0.0983. The van der Waals surface area contributed by atoms with Crippen LogP contribution in [0.4, 0.5) is 0 Å². The molecule has 0 radical (unpaired) electrons. The summed E-state index contributed by atoms with van der Waals surface area (Å²) in [6, 6.07) is 15.2. The largest absolute Gasteiger partial charge is 0.342 e. The van der Waals surface area contributed by atoms with Crippen molar-refractivity contribution in [3.63, 3.8) is 0 Å². The Morgan fingerprint density at radius 3 is 2.30 bits per heavy atom. The van der Waals surface area contributed by atoms with Gasteiger partial charge >= 0.3 is 0 Å². The molecule has 0 aromatic heterocycles. The average molecular weight is 429 g/mol. The first-order chi connectivity index (χ1) is 14.4. The maximum atomic E-state index is 13.6. The van der Waals surface area contributed by atoms with Crippen molar-refractivity contribution in [2.75, 3.05) is 26.2 Å². The molecule has 5 nitrogen and oxygen atoms in total. The Hall–Kier alpha value is -2.18. The fourth-order valence-electron chi connectivity index (χ4n) is 3.88. The molecule has 0 spiro atoms. The molecule has 162 valence electrons. The van der Waals surface area contributed by atoms with Gasteiger partial charge in [0.2, 0.25) is 15.9 Å². The summed E-state index contributed by atoms with van der Waals surface area (Å²) in [6.45, 7) is 5.29. The Morgan fingerprint density at radius 1 is 0.967 bits per heavy atom. The minimum absolute atomic E-state index is 0.0983. The lowest BCUT2D eigenvalue weighted by Crippen LogP contribution is -2.44. The molecule has 6 heteroatoms. The lowest BCUT2D eigenvalue weighted by Gasteiger charge is -2.27. The first kappa shape index (κ1) is 22.5. The van der Waals surface area contributed by atoms with Crippen LogP contribution in [0.2, 0.25) is 0 Å². The van der Waals surface area contributed by atoms with Gasteiger partial charge in [-0.1, -0.05) is 55.3 Å². The smallest absolute Gasteiger partial charge is 0.243 e. The van der Waals surface area contributed by atoms with Crippen LogP contribution in [0.25, 0.3) is 0 Å². The molecule has 2 aromatic carbocycles. The molecule has 0 N–H and O–H groups in total. The van der Waals surface area contributed by atoms with Crippen LogP contribution >= 0.6 is 0 Å². The zero-order chi connectivity index (χ0) is 21.6. The first-order valence-electron chi connectivity index (χ1n) is 10.8. The highest BCUT2D eigenvalue weighted by Gasteiger charge is 2.29. The normalized spacial score (nSPS) is 15.2. The van der Waals surface area contributed by atoms with E-state index in [0.717, 1.165) is 49.9 Å². The van der Waals surface area contributed by atoms with Crippen molar-refractivity contribution in [1.82, 2.24) is 9.21 Å². The predicted molar refractivity (Wildman–Crippen MR) is 120 cm³/mol. The number of aryl methyl sites for hydroxylation is 2. The standard InChI is InChI=1S/C24H32N2O3S/c1-20-12-13-21(2)23(18-20)30(28,29)26(17-14-22-10-6-5-7-11-22)19-24(27)25-15-8-3-4-9-16-25/h5-7,10-13,18H,3-4,8-9,14-17,19H2,1-2H3. The third-order valence-corrected chi connectivity index (χ3v) is 7.71. The molecular formula is C24H32N2O3S. The number of likely N-dealkylation sites (tertiary alicyclic amines) is 1. The van der Waals surface area contributed by atoms with E-state index in [-0.39, 0.29) is 19.0 Å². The second kappa shape index (κ2) is 10.2. The summed E-state index contributed by atoms with van der Waals surface area (Å²) < 4.78 is 28.5.